The Hall–Kier alpha value is -2.17. The molecule has 0 saturated carbocycles. The molecule has 16 heavy (non-hydrogen) atoms. The predicted molar refractivity (Wildman–Crippen MR) is 60.6 cm³/mol. The van der Waals surface area contributed by atoms with Crippen molar-refractivity contribution >= 4 is 16.6 Å². The number of hydrogen-bond donors (Lipinski definition) is 0. The van der Waals surface area contributed by atoms with Gasteiger partial charge in [-0.3, -0.25) is 14.9 Å². The van der Waals surface area contributed by atoms with Crippen molar-refractivity contribution in [1.29, 1.82) is 0 Å². The van der Waals surface area contributed by atoms with Gasteiger partial charge in [-0.05, 0) is 19.1 Å². The number of pyridine rings is 1. The lowest BCUT2D eigenvalue weighted by Crippen LogP contribution is -2.15. The summed E-state index contributed by atoms with van der Waals surface area (Å²) in [5.41, 5.74) is 0.210. The van der Waals surface area contributed by atoms with Crippen molar-refractivity contribution in [3.05, 3.63) is 50.3 Å². The summed E-state index contributed by atoms with van der Waals surface area (Å²) in [4.78, 5) is 22.1. The normalized spacial score (nSPS) is 10.6. The molecule has 0 saturated heterocycles. The third kappa shape index (κ3) is 1.29. The molecule has 5 nitrogen and oxygen atoms in total. The van der Waals surface area contributed by atoms with Crippen LogP contribution >= 0.6 is 0 Å². The number of nitro groups is 1. The SMILES string of the molecule is Cc1c([N+](=O)[O-])c(=O)c2ccccc2n1C. The van der Waals surface area contributed by atoms with Crippen molar-refractivity contribution in [1.82, 2.24) is 4.57 Å². The van der Waals surface area contributed by atoms with Gasteiger partial charge in [0.15, 0.2) is 0 Å². The van der Waals surface area contributed by atoms with Crippen LogP contribution in [0.1, 0.15) is 5.69 Å². The highest BCUT2D eigenvalue weighted by atomic mass is 16.6. The van der Waals surface area contributed by atoms with Gasteiger partial charge in [0.1, 0.15) is 0 Å². The lowest BCUT2D eigenvalue weighted by atomic mass is 10.1. The minimum absolute atomic E-state index is 0.346. The Morgan fingerprint density at radius 3 is 2.56 bits per heavy atom. The van der Waals surface area contributed by atoms with Crippen molar-refractivity contribution in [2.24, 2.45) is 7.05 Å². The fraction of sp³-hybridized carbons (Fsp3) is 0.182. The Morgan fingerprint density at radius 2 is 1.94 bits per heavy atom. The number of benzene rings is 1. The summed E-state index contributed by atoms with van der Waals surface area (Å²) in [5.74, 6) is 0. The van der Waals surface area contributed by atoms with E-state index in [4.69, 9.17) is 0 Å². The molecule has 0 aliphatic rings. The van der Waals surface area contributed by atoms with E-state index in [1.807, 2.05) is 0 Å². The smallest absolute Gasteiger partial charge is 0.335 e. The maximum absolute atomic E-state index is 11.9. The molecule has 0 atom stereocenters. The van der Waals surface area contributed by atoms with Gasteiger partial charge < -0.3 is 4.57 Å². The molecule has 1 aromatic heterocycles. The minimum atomic E-state index is -0.621. The van der Waals surface area contributed by atoms with E-state index >= 15 is 0 Å². The number of rotatable bonds is 1. The van der Waals surface area contributed by atoms with Crippen LogP contribution in [0.5, 0.6) is 0 Å². The van der Waals surface area contributed by atoms with Gasteiger partial charge >= 0.3 is 5.69 Å². The molecule has 2 aromatic rings. The van der Waals surface area contributed by atoms with Crippen molar-refractivity contribution in [3.8, 4) is 0 Å². The highest BCUT2D eigenvalue weighted by Gasteiger charge is 2.20. The highest BCUT2D eigenvalue weighted by molar-refractivity contribution is 5.81. The molecule has 0 fully saturated rings. The fourth-order valence-electron chi connectivity index (χ4n) is 1.80. The molecule has 0 N–H and O–H groups in total. The fourth-order valence-corrected chi connectivity index (χ4v) is 1.80. The van der Waals surface area contributed by atoms with Crippen molar-refractivity contribution in [3.63, 3.8) is 0 Å². The highest BCUT2D eigenvalue weighted by Crippen LogP contribution is 2.18. The first-order chi connectivity index (χ1) is 7.54. The molecule has 0 radical (unpaired) electrons. The monoisotopic (exact) mass is 218 g/mol. The summed E-state index contributed by atoms with van der Waals surface area (Å²) in [6.45, 7) is 1.58. The van der Waals surface area contributed by atoms with E-state index < -0.39 is 10.4 Å². The van der Waals surface area contributed by atoms with E-state index in [2.05, 4.69) is 0 Å². The average molecular weight is 218 g/mol. The van der Waals surface area contributed by atoms with Crippen LogP contribution in [0.4, 0.5) is 5.69 Å². The van der Waals surface area contributed by atoms with Gasteiger partial charge in [-0.2, -0.15) is 0 Å². The van der Waals surface area contributed by atoms with E-state index in [1.165, 1.54) is 0 Å². The van der Waals surface area contributed by atoms with Crippen molar-refractivity contribution < 1.29 is 4.92 Å². The Balaban J connectivity index is 3.07. The van der Waals surface area contributed by atoms with Gasteiger partial charge in [-0.15, -0.1) is 0 Å². The lowest BCUT2D eigenvalue weighted by molar-refractivity contribution is -0.386. The molecule has 5 heteroatoms. The molecule has 0 aliphatic carbocycles. The second-order valence-electron chi connectivity index (χ2n) is 3.60. The Kier molecular flexibility index (Phi) is 2.23. The first-order valence-corrected chi connectivity index (χ1v) is 4.76. The number of aromatic nitrogens is 1. The first-order valence-electron chi connectivity index (χ1n) is 4.76. The molecule has 0 unspecified atom stereocenters. The molecular formula is C11H10N2O3. The van der Waals surface area contributed by atoms with E-state index in [0.717, 1.165) is 0 Å². The molecule has 0 amide bonds. The summed E-state index contributed by atoms with van der Waals surface area (Å²) >= 11 is 0. The summed E-state index contributed by atoms with van der Waals surface area (Å²) in [6, 6.07) is 6.87. The van der Waals surface area contributed by atoms with Gasteiger partial charge in [0, 0.05) is 7.05 Å². The maximum Gasteiger partial charge on any atom is 0.335 e. The molecular weight excluding hydrogens is 208 g/mol. The van der Waals surface area contributed by atoms with Crippen LogP contribution in [-0.4, -0.2) is 9.49 Å². The zero-order chi connectivity index (χ0) is 11.9. The Labute approximate surface area is 91.1 Å². The molecule has 82 valence electrons. The Morgan fingerprint density at radius 1 is 1.31 bits per heavy atom. The number of para-hydroxylation sites is 1. The summed E-state index contributed by atoms with van der Waals surface area (Å²) in [6.07, 6.45) is 0. The summed E-state index contributed by atoms with van der Waals surface area (Å²) in [5, 5.41) is 11.2. The molecule has 2 rings (SSSR count). The van der Waals surface area contributed by atoms with Gasteiger partial charge in [-0.1, -0.05) is 12.1 Å². The van der Waals surface area contributed by atoms with Gasteiger partial charge in [-0.25, -0.2) is 0 Å². The number of fused-ring (bicyclic) bond motifs is 1. The van der Waals surface area contributed by atoms with Crippen LogP contribution in [0.15, 0.2) is 29.1 Å². The van der Waals surface area contributed by atoms with Crippen LogP contribution in [0.2, 0.25) is 0 Å². The number of nitrogens with zero attached hydrogens (tertiary/aromatic N) is 2. The van der Waals surface area contributed by atoms with E-state index in [-0.39, 0.29) is 5.69 Å². The maximum atomic E-state index is 11.9. The van der Waals surface area contributed by atoms with Crippen LogP contribution in [0.25, 0.3) is 10.9 Å². The summed E-state index contributed by atoms with van der Waals surface area (Å²) < 4.78 is 1.66. The van der Waals surface area contributed by atoms with Crippen molar-refractivity contribution in [2.45, 2.75) is 6.92 Å². The second-order valence-corrected chi connectivity index (χ2v) is 3.60. The third-order valence-corrected chi connectivity index (χ3v) is 2.75. The average Bonchev–Trinajstić information content (AvgIpc) is 2.26. The molecule has 0 spiro atoms. The van der Waals surface area contributed by atoms with E-state index in [0.29, 0.717) is 16.6 Å². The molecule has 0 bridgehead atoms. The predicted octanol–water partition coefficient (Wildman–Crippen LogP) is 1.76. The van der Waals surface area contributed by atoms with E-state index in [9.17, 15) is 14.9 Å². The van der Waals surface area contributed by atoms with Crippen LogP contribution in [-0.2, 0) is 7.05 Å². The van der Waals surface area contributed by atoms with Gasteiger partial charge in [0.25, 0.3) is 5.43 Å². The zero-order valence-electron chi connectivity index (χ0n) is 8.93. The lowest BCUT2D eigenvalue weighted by Gasteiger charge is -2.08. The largest absolute Gasteiger partial charge is 0.342 e. The van der Waals surface area contributed by atoms with Gasteiger partial charge in [0.2, 0.25) is 0 Å². The summed E-state index contributed by atoms with van der Waals surface area (Å²) in [7, 11) is 1.71. The van der Waals surface area contributed by atoms with Gasteiger partial charge in [0.05, 0.1) is 21.5 Å². The van der Waals surface area contributed by atoms with Crippen LogP contribution in [0.3, 0.4) is 0 Å². The van der Waals surface area contributed by atoms with E-state index in [1.54, 1.807) is 42.8 Å². The van der Waals surface area contributed by atoms with Crippen LogP contribution in [0, 0.1) is 17.0 Å². The number of hydrogen-bond acceptors (Lipinski definition) is 3. The first kappa shape index (κ1) is 10.4. The third-order valence-electron chi connectivity index (χ3n) is 2.75. The van der Waals surface area contributed by atoms with Crippen molar-refractivity contribution in [2.75, 3.05) is 0 Å². The minimum Gasteiger partial charge on any atom is -0.342 e. The zero-order valence-corrected chi connectivity index (χ0v) is 8.93. The molecule has 0 aliphatic heterocycles. The topological polar surface area (TPSA) is 65.1 Å². The standard InChI is InChI=1S/C11H10N2O3/c1-7-10(13(15)16)11(14)8-5-3-4-6-9(8)12(7)2/h3-6H,1-2H3. The number of aryl methyl sites for hydroxylation is 1. The molecule has 1 heterocycles. The van der Waals surface area contributed by atoms with Crippen LogP contribution < -0.4 is 5.43 Å². The Bertz CT molecular complexity index is 643. The second kappa shape index (κ2) is 3.44. The quantitative estimate of drug-likeness (QED) is 0.541. The molecule has 1 aromatic carbocycles.